The van der Waals surface area contributed by atoms with Crippen LogP contribution in [0, 0.1) is 0 Å². The minimum absolute atomic E-state index is 0.359. The number of anilines is 1. The summed E-state index contributed by atoms with van der Waals surface area (Å²) in [5.41, 5.74) is 0.482. The quantitative estimate of drug-likeness (QED) is 0.790. The van der Waals surface area contributed by atoms with Gasteiger partial charge in [-0.25, -0.2) is 9.78 Å². The molecule has 1 aliphatic heterocycles. The van der Waals surface area contributed by atoms with Crippen LogP contribution in [0.1, 0.15) is 29.6 Å². The van der Waals surface area contributed by atoms with Crippen LogP contribution in [0.5, 0.6) is 0 Å². The molecule has 1 aromatic rings. The highest BCUT2D eigenvalue weighted by atomic mass is 16.5. The topological polar surface area (TPSA) is 63.2 Å². The van der Waals surface area contributed by atoms with Crippen LogP contribution in [-0.2, 0) is 4.74 Å². The van der Waals surface area contributed by atoms with Crippen molar-refractivity contribution in [2.45, 2.75) is 25.3 Å². The van der Waals surface area contributed by atoms with Crippen molar-refractivity contribution in [3.8, 4) is 0 Å². The highest BCUT2D eigenvalue weighted by molar-refractivity contribution is 5.94. The molecule has 2 rings (SSSR count). The summed E-state index contributed by atoms with van der Waals surface area (Å²) in [6.07, 6.45) is 5.33. The smallest absolute Gasteiger partial charge is 0.341 e. The second kappa shape index (κ2) is 6.35. The molecule has 0 spiro atoms. The molecule has 1 unspecified atom stereocenters. The van der Waals surface area contributed by atoms with Crippen molar-refractivity contribution in [1.29, 1.82) is 0 Å². The highest BCUT2D eigenvalue weighted by Gasteiger charge is 2.15. The third-order valence-corrected chi connectivity index (χ3v) is 3.14. The van der Waals surface area contributed by atoms with E-state index in [0.29, 0.717) is 17.4 Å². The molecule has 0 radical (unpaired) electrons. The molecule has 5 nitrogen and oxygen atoms in total. The predicted molar refractivity (Wildman–Crippen MR) is 69.7 cm³/mol. The third kappa shape index (κ3) is 3.20. The number of carbonyl (C=O) groups is 1. The maximum Gasteiger partial charge on any atom is 0.341 e. The van der Waals surface area contributed by atoms with E-state index in [1.807, 2.05) is 0 Å². The molecular weight excluding hydrogens is 230 g/mol. The molecule has 1 fully saturated rings. The lowest BCUT2D eigenvalue weighted by Gasteiger charge is -2.24. The number of rotatable bonds is 4. The van der Waals surface area contributed by atoms with Gasteiger partial charge in [-0.1, -0.05) is 6.42 Å². The van der Waals surface area contributed by atoms with Crippen molar-refractivity contribution in [3.05, 3.63) is 23.9 Å². The number of piperidine rings is 1. The number of hydrogen-bond acceptors (Lipinski definition) is 5. The van der Waals surface area contributed by atoms with E-state index >= 15 is 0 Å². The summed E-state index contributed by atoms with van der Waals surface area (Å²) in [6, 6.07) is 3.90. The van der Waals surface area contributed by atoms with E-state index in [2.05, 4.69) is 15.6 Å². The normalized spacial score (nSPS) is 19.3. The second-order valence-electron chi connectivity index (χ2n) is 4.42. The van der Waals surface area contributed by atoms with Crippen LogP contribution < -0.4 is 10.6 Å². The zero-order valence-corrected chi connectivity index (χ0v) is 10.6. The first kappa shape index (κ1) is 12.8. The van der Waals surface area contributed by atoms with Crippen LogP contribution in [0.2, 0.25) is 0 Å². The van der Waals surface area contributed by atoms with Crippen molar-refractivity contribution in [1.82, 2.24) is 10.3 Å². The van der Waals surface area contributed by atoms with Crippen LogP contribution in [0.25, 0.3) is 0 Å². The standard InChI is InChI=1S/C13H19N3O2/c1-18-13(17)11-6-4-8-15-12(11)16-9-10-5-2-3-7-14-10/h4,6,8,10,14H,2-3,5,7,9H2,1H3,(H,15,16). The first-order chi connectivity index (χ1) is 8.81. The van der Waals surface area contributed by atoms with Gasteiger partial charge in [-0.15, -0.1) is 0 Å². The number of ether oxygens (including phenoxy) is 1. The molecule has 1 aromatic heterocycles. The van der Waals surface area contributed by atoms with Crippen LogP contribution in [0.15, 0.2) is 18.3 Å². The van der Waals surface area contributed by atoms with Crippen LogP contribution in [-0.4, -0.2) is 37.2 Å². The Labute approximate surface area is 107 Å². The van der Waals surface area contributed by atoms with Crippen molar-refractivity contribution >= 4 is 11.8 Å². The average molecular weight is 249 g/mol. The molecular formula is C13H19N3O2. The summed E-state index contributed by atoms with van der Waals surface area (Å²) < 4.78 is 4.73. The van der Waals surface area contributed by atoms with E-state index < -0.39 is 0 Å². The Morgan fingerprint density at radius 1 is 1.61 bits per heavy atom. The summed E-state index contributed by atoms with van der Waals surface area (Å²) in [4.78, 5) is 15.8. The van der Waals surface area contributed by atoms with Gasteiger partial charge in [-0.05, 0) is 31.5 Å². The Kier molecular flexibility index (Phi) is 4.52. The summed E-state index contributed by atoms with van der Waals surface area (Å²) in [7, 11) is 1.38. The van der Waals surface area contributed by atoms with Gasteiger partial charge < -0.3 is 15.4 Å². The molecule has 1 aliphatic rings. The van der Waals surface area contributed by atoms with Crippen molar-refractivity contribution in [2.24, 2.45) is 0 Å². The number of carbonyl (C=O) groups excluding carboxylic acids is 1. The zero-order chi connectivity index (χ0) is 12.8. The Morgan fingerprint density at radius 3 is 3.22 bits per heavy atom. The predicted octanol–water partition coefficient (Wildman–Crippen LogP) is 1.42. The molecule has 5 heteroatoms. The lowest BCUT2D eigenvalue weighted by Crippen LogP contribution is -2.39. The van der Waals surface area contributed by atoms with E-state index in [0.717, 1.165) is 19.5 Å². The fourth-order valence-corrected chi connectivity index (χ4v) is 2.14. The summed E-state index contributed by atoms with van der Waals surface area (Å²) >= 11 is 0. The van der Waals surface area contributed by atoms with Gasteiger partial charge in [0.25, 0.3) is 0 Å². The number of hydrogen-bond donors (Lipinski definition) is 2. The number of nitrogens with zero attached hydrogens (tertiary/aromatic N) is 1. The number of methoxy groups -OCH3 is 1. The zero-order valence-electron chi connectivity index (χ0n) is 10.6. The van der Waals surface area contributed by atoms with Crippen LogP contribution in [0.4, 0.5) is 5.82 Å². The van der Waals surface area contributed by atoms with Gasteiger partial charge in [0, 0.05) is 18.8 Å². The molecule has 0 amide bonds. The molecule has 0 saturated carbocycles. The van der Waals surface area contributed by atoms with E-state index in [9.17, 15) is 4.79 Å². The Morgan fingerprint density at radius 2 is 2.50 bits per heavy atom. The van der Waals surface area contributed by atoms with Gasteiger partial charge in [0.1, 0.15) is 11.4 Å². The van der Waals surface area contributed by atoms with Gasteiger partial charge in [-0.2, -0.15) is 0 Å². The van der Waals surface area contributed by atoms with E-state index in [4.69, 9.17) is 4.74 Å². The maximum atomic E-state index is 11.6. The molecule has 18 heavy (non-hydrogen) atoms. The fraction of sp³-hybridized carbons (Fsp3) is 0.538. The van der Waals surface area contributed by atoms with E-state index in [1.165, 1.54) is 20.0 Å². The van der Waals surface area contributed by atoms with E-state index in [-0.39, 0.29) is 5.97 Å². The minimum Gasteiger partial charge on any atom is -0.465 e. The van der Waals surface area contributed by atoms with E-state index in [1.54, 1.807) is 18.3 Å². The van der Waals surface area contributed by atoms with Crippen LogP contribution in [0.3, 0.4) is 0 Å². The molecule has 0 bridgehead atoms. The molecule has 2 N–H and O–H groups in total. The lowest BCUT2D eigenvalue weighted by atomic mass is 10.1. The lowest BCUT2D eigenvalue weighted by molar-refractivity contribution is 0.0601. The molecule has 0 aliphatic carbocycles. The number of aromatic nitrogens is 1. The second-order valence-corrected chi connectivity index (χ2v) is 4.42. The summed E-state index contributed by atoms with van der Waals surface area (Å²) in [5, 5.41) is 6.67. The Bertz CT molecular complexity index is 403. The van der Waals surface area contributed by atoms with Gasteiger partial charge in [0.2, 0.25) is 0 Å². The highest BCUT2D eigenvalue weighted by Crippen LogP contribution is 2.14. The Hall–Kier alpha value is -1.62. The van der Waals surface area contributed by atoms with Gasteiger partial charge in [0.15, 0.2) is 0 Å². The molecule has 1 saturated heterocycles. The third-order valence-electron chi connectivity index (χ3n) is 3.14. The fourth-order valence-electron chi connectivity index (χ4n) is 2.14. The summed E-state index contributed by atoms with van der Waals surface area (Å²) in [6.45, 7) is 1.85. The number of esters is 1. The molecule has 98 valence electrons. The van der Waals surface area contributed by atoms with Gasteiger partial charge in [0.05, 0.1) is 7.11 Å². The molecule has 0 aromatic carbocycles. The monoisotopic (exact) mass is 249 g/mol. The van der Waals surface area contributed by atoms with Crippen LogP contribution >= 0.6 is 0 Å². The minimum atomic E-state index is -0.359. The first-order valence-corrected chi connectivity index (χ1v) is 6.32. The number of nitrogens with one attached hydrogen (secondary N) is 2. The average Bonchev–Trinajstić information content (AvgIpc) is 2.45. The number of pyridine rings is 1. The van der Waals surface area contributed by atoms with Crippen molar-refractivity contribution < 1.29 is 9.53 Å². The van der Waals surface area contributed by atoms with Gasteiger partial charge in [-0.3, -0.25) is 0 Å². The molecule has 1 atom stereocenters. The maximum absolute atomic E-state index is 11.6. The van der Waals surface area contributed by atoms with Gasteiger partial charge >= 0.3 is 5.97 Å². The molecule has 2 heterocycles. The first-order valence-electron chi connectivity index (χ1n) is 6.32. The Balaban J connectivity index is 1.97. The van der Waals surface area contributed by atoms with Crippen molar-refractivity contribution in [3.63, 3.8) is 0 Å². The van der Waals surface area contributed by atoms with Crippen molar-refractivity contribution in [2.75, 3.05) is 25.5 Å². The SMILES string of the molecule is COC(=O)c1cccnc1NCC1CCCCN1. The largest absolute Gasteiger partial charge is 0.465 e. The summed E-state index contributed by atoms with van der Waals surface area (Å²) in [5.74, 6) is 0.235.